The topological polar surface area (TPSA) is 91.9 Å². The van der Waals surface area contributed by atoms with Crippen molar-refractivity contribution in [1.82, 2.24) is 25.0 Å². The maximum absolute atomic E-state index is 12.1. The second-order valence-corrected chi connectivity index (χ2v) is 8.56. The average Bonchev–Trinajstić information content (AvgIpc) is 3.05. The number of aliphatic carboxylic acids is 1. The van der Waals surface area contributed by atoms with Gasteiger partial charge in [0, 0.05) is 66.4 Å². The third-order valence-corrected chi connectivity index (χ3v) is 5.72. The maximum Gasteiger partial charge on any atom is 0.325 e. The van der Waals surface area contributed by atoms with Crippen molar-refractivity contribution in [3.8, 4) is 0 Å². The summed E-state index contributed by atoms with van der Waals surface area (Å²) in [6.07, 6.45) is 1.79. The highest BCUT2D eigenvalue weighted by atomic mass is 79.9. The molecule has 0 bridgehead atoms. The molecular weight excluding hydrogens is 438 g/mol. The van der Waals surface area contributed by atoms with E-state index in [0.717, 1.165) is 27.5 Å². The number of carbonyl (C=O) groups excluding carboxylic acids is 1. The molecule has 1 saturated heterocycles. The lowest BCUT2D eigenvalue weighted by molar-refractivity contribution is -0.144. The first-order chi connectivity index (χ1) is 13.8. The number of H-pyrrole nitrogens is 1. The monoisotopic (exact) mass is 465 g/mol. The van der Waals surface area contributed by atoms with Crippen molar-refractivity contribution in [3.63, 3.8) is 0 Å². The Bertz CT molecular complexity index is 861. The Morgan fingerprint density at radius 2 is 2.00 bits per heavy atom. The molecule has 3 rings (SSSR count). The molecule has 1 aliphatic rings. The zero-order valence-electron chi connectivity index (χ0n) is 16.8. The third kappa shape index (κ3) is 5.57. The number of likely N-dealkylation sites (N-methyl/N-ethyl adjacent to an activating group) is 1. The van der Waals surface area contributed by atoms with Crippen LogP contribution in [-0.4, -0.2) is 96.6 Å². The molecule has 0 aliphatic carbocycles. The van der Waals surface area contributed by atoms with Crippen LogP contribution in [-0.2, 0) is 9.59 Å². The quantitative estimate of drug-likeness (QED) is 0.544. The molecule has 1 aromatic carbocycles. The number of carboxylic acids is 1. The zero-order chi connectivity index (χ0) is 21.0. The van der Waals surface area contributed by atoms with Gasteiger partial charge in [0.25, 0.3) is 0 Å². The Kier molecular flexibility index (Phi) is 7.28. The fraction of sp³-hybridized carbons (Fsp3) is 0.500. The minimum atomic E-state index is -0.858. The van der Waals surface area contributed by atoms with Gasteiger partial charge in [-0.3, -0.25) is 19.4 Å². The molecule has 1 amide bonds. The number of aromatic nitrogens is 1. The number of hydrogen-bond acceptors (Lipinski definition) is 5. The van der Waals surface area contributed by atoms with Gasteiger partial charge in [-0.05, 0) is 26.2 Å². The fourth-order valence-electron chi connectivity index (χ4n) is 3.69. The molecule has 0 unspecified atom stereocenters. The summed E-state index contributed by atoms with van der Waals surface area (Å²) in [5, 5.41) is 13.8. The van der Waals surface area contributed by atoms with Gasteiger partial charge in [0.2, 0.25) is 5.91 Å². The summed E-state index contributed by atoms with van der Waals surface area (Å²) < 4.78 is 0.947. The Labute approximate surface area is 179 Å². The van der Waals surface area contributed by atoms with E-state index in [2.05, 4.69) is 31.1 Å². The number of aromatic amines is 1. The van der Waals surface area contributed by atoms with Crippen LogP contribution in [0, 0.1) is 0 Å². The number of carboxylic acid groups (broad SMARTS) is 1. The highest BCUT2D eigenvalue weighted by molar-refractivity contribution is 9.10. The van der Waals surface area contributed by atoms with Crippen LogP contribution in [0.5, 0.6) is 0 Å². The van der Waals surface area contributed by atoms with E-state index in [9.17, 15) is 14.7 Å². The summed E-state index contributed by atoms with van der Waals surface area (Å²) in [4.78, 5) is 33.4. The molecule has 8 nitrogen and oxygen atoms in total. The molecule has 1 atom stereocenters. The van der Waals surface area contributed by atoms with Crippen molar-refractivity contribution in [2.75, 3.05) is 59.9 Å². The van der Waals surface area contributed by atoms with Crippen LogP contribution >= 0.6 is 15.9 Å². The van der Waals surface area contributed by atoms with Crippen LogP contribution < -0.4 is 5.32 Å². The summed E-state index contributed by atoms with van der Waals surface area (Å²) in [5.41, 5.74) is 1.68. The number of halogens is 1. The van der Waals surface area contributed by atoms with Gasteiger partial charge in [0.05, 0.1) is 6.54 Å². The van der Waals surface area contributed by atoms with E-state index in [1.807, 2.05) is 42.1 Å². The molecule has 9 heteroatoms. The predicted octanol–water partition coefficient (Wildman–Crippen LogP) is 1.35. The zero-order valence-corrected chi connectivity index (χ0v) is 18.4. The number of piperazine rings is 1. The summed E-state index contributed by atoms with van der Waals surface area (Å²) in [7, 11) is 3.94. The van der Waals surface area contributed by atoms with Crippen LogP contribution in [0.15, 0.2) is 28.9 Å². The van der Waals surface area contributed by atoms with Crippen molar-refractivity contribution in [3.05, 3.63) is 34.4 Å². The summed E-state index contributed by atoms with van der Waals surface area (Å²) in [6.45, 7) is 4.32. The Morgan fingerprint density at radius 3 is 2.66 bits per heavy atom. The molecule has 0 spiro atoms. The van der Waals surface area contributed by atoms with Crippen molar-refractivity contribution in [1.29, 1.82) is 0 Å². The Balaban J connectivity index is 1.60. The van der Waals surface area contributed by atoms with Crippen molar-refractivity contribution in [2.45, 2.75) is 6.04 Å². The van der Waals surface area contributed by atoms with E-state index in [1.54, 1.807) is 6.20 Å². The lowest BCUT2D eigenvalue weighted by atomic mass is 10.0. The van der Waals surface area contributed by atoms with Crippen LogP contribution in [0.25, 0.3) is 10.9 Å². The Morgan fingerprint density at radius 1 is 1.28 bits per heavy atom. The van der Waals surface area contributed by atoms with Gasteiger partial charge < -0.3 is 20.3 Å². The SMILES string of the molecule is CN(C)CCNC(=O)CN1CCN([C@@H](C(=O)O)c2c[nH]c3cc(Br)ccc23)CC1. The first-order valence-electron chi connectivity index (χ1n) is 9.72. The van der Waals surface area contributed by atoms with E-state index in [1.165, 1.54) is 0 Å². The number of carbonyl (C=O) groups is 2. The summed E-state index contributed by atoms with van der Waals surface area (Å²) >= 11 is 3.45. The number of nitrogens with one attached hydrogen (secondary N) is 2. The second kappa shape index (κ2) is 9.71. The first-order valence-corrected chi connectivity index (χ1v) is 10.5. The van der Waals surface area contributed by atoms with Crippen molar-refractivity contribution in [2.24, 2.45) is 0 Å². The molecule has 158 valence electrons. The van der Waals surface area contributed by atoms with E-state index < -0.39 is 12.0 Å². The molecular formula is C20H28BrN5O3. The average molecular weight is 466 g/mol. The van der Waals surface area contributed by atoms with Crippen LogP contribution in [0.2, 0.25) is 0 Å². The molecule has 29 heavy (non-hydrogen) atoms. The lowest BCUT2D eigenvalue weighted by Crippen LogP contribution is -2.51. The first kappa shape index (κ1) is 21.8. The van der Waals surface area contributed by atoms with E-state index in [4.69, 9.17) is 0 Å². The molecule has 3 N–H and O–H groups in total. The number of nitrogens with zero attached hydrogens (tertiary/aromatic N) is 3. The van der Waals surface area contributed by atoms with Gasteiger partial charge in [-0.1, -0.05) is 22.0 Å². The second-order valence-electron chi connectivity index (χ2n) is 7.64. The minimum Gasteiger partial charge on any atom is -0.480 e. The summed E-state index contributed by atoms with van der Waals surface area (Å²) in [6, 6.07) is 5.10. The van der Waals surface area contributed by atoms with Crippen molar-refractivity contribution < 1.29 is 14.7 Å². The van der Waals surface area contributed by atoms with Gasteiger partial charge in [0.15, 0.2) is 0 Å². The predicted molar refractivity (Wildman–Crippen MR) is 116 cm³/mol. The normalized spacial score (nSPS) is 17.0. The maximum atomic E-state index is 12.1. The van der Waals surface area contributed by atoms with E-state index in [0.29, 0.717) is 39.3 Å². The van der Waals surface area contributed by atoms with Gasteiger partial charge in [-0.25, -0.2) is 0 Å². The van der Waals surface area contributed by atoms with Crippen LogP contribution in [0.4, 0.5) is 0 Å². The highest BCUT2D eigenvalue weighted by Gasteiger charge is 2.32. The van der Waals surface area contributed by atoms with Gasteiger partial charge in [-0.15, -0.1) is 0 Å². The number of benzene rings is 1. The minimum absolute atomic E-state index is 0.0114. The third-order valence-electron chi connectivity index (χ3n) is 5.22. The van der Waals surface area contributed by atoms with Crippen LogP contribution in [0.3, 0.4) is 0 Å². The molecule has 0 radical (unpaired) electrons. The largest absolute Gasteiger partial charge is 0.480 e. The fourth-order valence-corrected chi connectivity index (χ4v) is 4.05. The van der Waals surface area contributed by atoms with Crippen molar-refractivity contribution >= 4 is 38.7 Å². The van der Waals surface area contributed by atoms with Crippen LogP contribution in [0.1, 0.15) is 11.6 Å². The summed E-state index contributed by atoms with van der Waals surface area (Å²) in [5.74, 6) is -0.846. The molecule has 2 heterocycles. The Hall–Kier alpha value is -1.94. The number of amides is 1. The van der Waals surface area contributed by atoms with Gasteiger partial charge in [-0.2, -0.15) is 0 Å². The van der Waals surface area contributed by atoms with E-state index in [-0.39, 0.29) is 5.91 Å². The number of rotatable bonds is 8. The molecule has 1 aliphatic heterocycles. The molecule has 1 aromatic heterocycles. The standard InChI is InChI=1S/C20H28BrN5O3/c1-24(2)6-5-22-18(27)13-25-7-9-26(10-8-25)19(20(28)29)16-12-23-17-11-14(21)3-4-15(16)17/h3-4,11-12,19,23H,5-10,13H2,1-2H3,(H,22,27)(H,28,29)/t19-/m1/s1. The van der Waals surface area contributed by atoms with E-state index >= 15 is 0 Å². The van der Waals surface area contributed by atoms with Gasteiger partial charge in [0.1, 0.15) is 6.04 Å². The number of hydrogen-bond donors (Lipinski definition) is 3. The molecule has 0 saturated carbocycles. The number of fused-ring (bicyclic) bond motifs is 1. The molecule has 2 aromatic rings. The van der Waals surface area contributed by atoms with Gasteiger partial charge >= 0.3 is 5.97 Å². The molecule has 1 fully saturated rings. The highest BCUT2D eigenvalue weighted by Crippen LogP contribution is 2.31. The lowest BCUT2D eigenvalue weighted by Gasteiger charge is -2.37. The smallest absolute Gasteiger partial charge is 0.325 e.